The first-order chi connectivity index (χ1) is 9.63. The van der Waals surface area contributed by atoms with E-state index in [0.717, 1.165) is 10.4 Å². The molecule has 0 atom stereocenters. The Balaban J connectivity index is 1.65. The molecule has 0 unspecified atom stereocenters. The molecule has 0 heterocycles. The number of halogens is 1. The Morgan fingerprint density at radius 2 is 1.60 bits per heavy atom. The van der Waals surface area contributed by atoms with Gasteiger partial charge in [-0.25, -0.2) is 0 Å². The molecule has 0 aromatic heterocycles. The second kappa shape index (κ2) is 5.61. The number of hydrogen-bond acceptors (Lipinski definition) is 1. The Labute approximate surface area is 129 Å². The molecule has 0 saturated heterocycles. The van der Waals surface area contributed by atoms with E-state index in [4.69, 9.17) is 0 Å². The highest BCUT2D eigenvalue weighted by atomic mass is 79.9. The van der Waals surface area contributed by atoms with Crippen molar-refractivity contribution in [2.75, 3.05) is 5.32 Å². The van der Waals surface area contributed by atoms with Crippen molar-refractivity contribution in [2.24, 2.45) is 0 Å². The molecule has 1 nitrogen and oxygen atoms in total. The Morgan fingerprint density at radius 3 is 2.20 bits per heavy atom. The van der Waals surface area contributed by atoms with Crippen LogP contribution in [0.25, 0.3) is 0 Å². The molecule has 0 spiro atoms. The molecule has 0 aliphatic heterocycles. The Kier molecular flexibility index (Phi) is 3.84. The second-order valence-electron chi connectivity index (χ2n) is 5.83. The zero-order chi connectivity index (χ0) is 14.1. The number of aryl methyl sites for hydroxylation is 2. The molecule has 0 amide bonds. The van der Waals surface area contributed by atoms with Crippen molar-refractivity contribution >= 4 is 21.6 Å². The van der Waals surface area contributed by atoms with Crippen molar-refractivity contribution in [3.63, 3.8) is 0 Å². The topological polar surface area (TPSA) is 12.0 Å². The van der Waals surface area contributed by atoms with Gasteiger partial charge >= 0.3 is 0 Å². The van der Waals surface area contributed by atoms with Gasteiger partial charge in [0, 0.05) is 16.2 Å². The molecule has 104 valence electrons. The molecule has 1 aliphatic rings. The number of nitrogens with one attached hydrogen (secondary N) is 1. The van der Waals surface area contributed by atoms with Gasteiger partial charge in [-0.3, -0.25) is 0 Å². The van der Waals surface area contributed by atoms with Crippen LogP contribution in [0.1, 0.15) is 35.4 Å². The summed E-state index contributed by atoms with van der Waals surface area (Å²) in [4.78, 5) is 0. The third-order valence-corrected chi connectivity index (χ3v) is 4.71. The number of benzene rings is 2. The Hall–Kier alpha value is -1.28. The lowest BCUT2D eigenvalue weighted by Gasteiger charge is -2.37. The lowest BCUT2D eigenvalue weighted by molar-refractivity contribution is 0.374. The monoisotopic (exact) mass is 329 g/mol. The van der Waals surface area contributed by atoms with Crippen LogP contribution >= 0.6 is 15.9 Å². The van der Waals surface area contributed by atoms with Crippen molar-refractivity contribution < 1.29 is 0 Å². The van der Waals surface area contributed by atoms with Crippen LogP contribution in [0.2, 0.25) is 0 Å². The fourth-order valence-electron chi connectivity index (χ4n) is 3.08. The fraction of sp³-hybridized carbons (Fsp3) is 0.333. The van der Waals surface area contributed by atoms with Crippen LogP contribution in [0.4, 0.5) is 5.69 Å². The molecule has 2 aromatic rings. The van der Waals surface area contributed by atoms with E-state index in [0.29, 0.717) is 6.04 Å². The molecular formula is C18H20BrN. The summed E-state index contributed by atoms with van der Waals surface area (Å²) < 4.78 is 1.16. The van der Waals surface area contributed by atoms with Gasteiger partial charge in [0.25, 0.3) is 0 Å². The molecule has 3 rings (SSSR count). The lowest BCUT2D eigenvalue weighted by Crippen LogP contribution is -2.34. The smallest absolute Gasteiger partial charge is 0.0402 e. The number of rotatable bonds is 3. The summed E-state index contributed by atoms with van der Waals surface area (Å²) in [6.07, 6.45) is 2.47. The summed E-state index contributed by atoms with van der Waals surface area (Å²) in [5.74, 6) is 0.727. The molecule has 0 bridgehead atoms. The maximum Gasteiger partial charge on any atom is 0.0402 e. The van der Waals surface area contributed by atoms with Crippen LogP contribution in [0, 0.1) is 13.8 Å². The molecule has 1 fully saturated rings. The predicted molar refractivity (Wildman–Crippen MR) is 89.4 cm³/mol. The first-order valence-corrected chi connectivity index (χ1v) is 8.01. The van der Waals surface area contributed by atoms with Crippen LogP contribution in [-0.4, -0.2) is 6.04 Å². The van der Waals surface area contributed by atoms with E-state index < -0.39 is 0 Å². The highest BCUT2D eigenvalue weighted by Gasteiger charge is 2.30. The molecule has 1 N–H and O–H groups in total. The van der Waals surface area contributed by atoms with E-state index in [1.54, 1.807) is 0 Å². The summed E-state index contributed by atoms with van der Waals surface area (Å²) in [5, 5.41) is 3.72. The Bertz CT molecular complexity index is 577. The highest BCUT2D eigenvalue weighted by Crippen LogP contribution is 2.39. The molecule has 2 aromatic carbocycles. The minimum Gasteiger partial charge on any atom is -0.382 e. The average Bonchev–Trinajstić information content (AvgIpc) is 2.36. The Morgan fingerprint density at radius 1 is 1.00 bits per heavy atom. The minimum atomic E-state index is 0.610. The van der Waals surface area contributed by atoms with E-state index in [2.05, 4.69) is 77.6 Å². The van der Waals surface area contributed by atoms with Crippen molar-refractivity contribution in [1.29, 1.82) is 0 Å². The normalized spacial score (nSPS) is 21.4. The van der Waals surface area contributed by atoms with Gasteiger partial charge < -0.3 is 5.32 Å². The van der Waals surface area contributed by atoms with Gasteiger partial charge in [0.05, 0.1) is 0 Å². The van der Waals surface area contributed by atoms with Gasteiger partial charge in [-0.2, -0.15) is 0 Å². The zero-order valence-corrected chi connectivity index (χ0v) is 13.6. The van der Waals surface area contributed by atoms with E-state index >= 15 is 0 Å². The first-order valence-electron chi connectivity index (χ1n) is 7.21. The van der Waals surface area contributed by atoms with Crippen LogP contribution in [0.5, 0.6) is 0 Å². The van der Waals surface area contributed by atoms with E-state index in [-0.39, 0.29) is 0 Å². The first kappa shape index (κ1) is 13.7. The standard InChI is InChI=1S/C18H20BrN/c1-12-8-16(19)9-13(2)18(12)20-17-10-15(11-17)14-6-4-3-5-7-14/h3-9,15,17,20H,10-11H2,1-2H3. The minimum absolute atomic E-state index is 0.610. The van der Waals surface area contributed by atoms with Crippen molar-refractivity contribution in [2.45, 2.75) is 38.6 Å². The van der Waals surface area contributed by atoms with Crippen molar-refractivity contribution in [1.82, 2.24) is 0 Å². The van der Waals surface area contributed by atoms with E-state index in [1.165, 1.54) is 35.2 Å². The zero-order valence-electron chi connectivity index (χ0n) is 12.0. The molecular weight excluding hydrogens is 310 g/mol. The summed E-state index contributed by atoms with van der Waals surface area (Å²) in [6, 6.07) is 15.8. The van der Waals surface area contributed by atoms with Crippen LogP contribution in [0.15, 0.2) is 46.9 Å². The molecule has 1 aliphatic carbocycles. The van der Waals surface area contributed by atoms with Gasteiger partial charge in [0.2, 0.25) is 0 Å². The van der Waals surface area contributed by atoms with Gasteiger partial charge in [-0.05, 0) is 61.4 Å². The summed E-state index contributed by atoms with van der Waals surface area (Å²) in [7, 11) is 0. The fourth-order valence-corrected chi connectivity index (χ4v) is 3.76. The van der Waals surface area contributed by atoms with Gasteiger partial charge in [0.15, 0.2) is 0 Å². The van der Waals surface area contributed by atoms with Gasteiger partial charge in [-0.15, -0.1) is 0 Å². The van der Waals surface area contributed by atoms with Crippen molar-refractivity contribution in [3.05, 3.63) is 63.6 Å². The molecule has 0 radical (unpaired) electrons. The molecule has 20 heavy (non-hydrogen) atoms. The lowest BCUT2D eigenvalue weighted by atomic mass is 9.75. The average molecular weight is 330 g/mol. The maximum atomic E-state index is 3.72. The largest absolute Gasteiger partial charge is 0.382 e. The maximum absolute atomic E-state index is 3.72. The van der Waals surface area contributed by atoms with Crippen molar-refractivity contribution in [3.8, 4) is 0 Å². The summed E-state index contributed by atoms with van der Waals surface area (Å²) >= 11 is 3.56. The number of hydrogen-bond donors (Lipinski definition) is 1. The third-order valence-electron chi connectivity index (χ3n) is 4.25. The predicted octanol–water partition coefficient (Wildman–Crippen LogP) is 5.42. The van der Waals surface area contributed by atoms with E-state index in [1.807, 2.05) is 0 Å². The number of anilines is 1. The quantitative estimate of drug-likeness (QED) is 0.792. The third kappa shape index (κ3) is 2.76. The molecule has 2 heteroatoms. The van der Waals surface area contributed by atoms with Crippen LogP contribution in [-0.2, 0) is 0 Å². The van der Waals surface area contributed by atoms with Gasteiger partial charge in [0.1, 0.15) is 0 Å². The van der Waals surface area contributed by atoms with Crippen LogP contribution < -0.4 is 5.32 Å². The van der Waals surface area contributed by atoms with E-state index in [9.17, 15) is 0 Å². The summed E-state index contributed by atoms with van der Waals surface area (Å²) in [6.45, 7) is 4.35. The van der Waals surface area contributed by atoms with Gasteiger partial charge in [-0.1, -0.05) is 46.3 Å². The molecule has 1 saturated carbocycles. The SMILES string of the molecule is Cc1cc(Br)cc(C)c1NC1CC(c2ccccc2)C1. The van der Waals surface area contributed by atoms with Crippen LogP contribution in [0.3, 0.4) is 0 Å². The summed E-state index contributed by atoms with van der Waals surface area (Å²) in [5.41, 5.74) is 5.43. The second-order valence-corrected chi connectivity index (χ2v) is 6.75. The highest BCUT2D eigenvalue weighted by molar-refractivity contribution is 9.10.